The van der Waals surface area contributed by atoms with E-state index in [4.69, 9.17) is 27.6 Å². The minimum Gasteiger partial charge on any atom is -0.431 e. The number of rotatable bonds is 1. The Labute approximate surface area is 62.8 Å². The van der Waals surface area contributed by atoms with Crippen molar-refractivity contribution in [2.75, 3.05) is 0 Å². The molecule has 1 aromatic rings. The van der Waals surface area contributed by atoms with E-state index in [0.29, 0.717) is 11.6 Å². The van der Waals surface area contributed by atoms with Crippen molar-refractivity contribution in [2.24, 2.45) is 0 Å². The Bertz CT molecular complexity index is 209. The smallest absolute Gasteiger partial charge is 0.292 e. The number of oxazole rings is 1. The van der Waals surface area contributed by atoms with E-state index in [9.17, 15) is 0 Å². The summed E-state index contributed by atoms with van der Waals surface area (Å²) in [5.41, 5.74) is 0.759. The van der Waals surface area contributed by atoms with Crippen LogP contribution in [0.5, 0.6) is 0 Å². The van der Waals surface area contributed by atoms with E-state index < -0.39 is 0 Å². The second-order valence-corrected chi connectivity index (χ2v) is 2.20. The lowest BCUT2D eigenvalue weighted by Gasteiger charge is -1.83. The summed E-state index contributed by atoms with van der Waals surface area (Å²) in [6.07, 6.45) is 0. The third kappa shape index (κ3) is 1.37. The molecule has 50 valence electrons. The van der Waals surface area contributed by atoms with Crippen LogP contribution in [0.15, 0.2) is 4.42 Å². The fraction of sp³-hybridized carbons (Fsp3) is 0.400. The second-order valence-electron chi connectivity index (χ2n) is 1.61. The van der Waals surface area contributed by atoms with Gasteiger partial charge < -0.3 is 4.42 Å². The maximum Gasteiger partial charge on any atom is 0.292 e. The number of nitrogens with zero attached hydrogens (tertiary/aromatic N) is 1. The van der Waals surface area contributed by atoms with Gasteiger partial charge in [0.25, 0.3) is 5.35 Å². The van der Waals surface area contributed by atoms with E-state index in [1.807, 2.05) is 0 Å². The maximum absolute atomic E-state index is 5.45. The predicted octanol–water partition coefficient (Wildman–Crippen LogP) is 2.38. The van der Waals surface area contributed by atoms with Gasteiger partial charge in [-0.2, -0.15) is 0 Å². The van der Waals surface area contributed by atoms with Gasteiger partial charge in [-0.3, -0.25) is 0 Å². The first-order valence-corrected chi connectivity index (χ1v) is 3.33. The highest BCUT2D eigenvalue weighted by Gasteiger charge is 2.04. The SMILES string of the molecule is Cc1nc(Cl)oc1CCl. The zero-order valence-electron chi connectivity index (χ0n) is 4.82. The molecule has 0 unspecified atom stereocenters. The van der Waals surface area contributed by atoms with Gasteiger partial charge in [-0.15, -0.1) is 11.6 Å². The monoisotopic (exact) mass is 165 g/mol. The lowest BCUT2D eigenvalue weighted by Crippen LogP contribution is -1.75. The number of alkyl halides is 1. The van der Waals surface area contributed by atoms with Crippen LogP contribution < -0.4 is 0 Å². The molecular formula is C5H5Cl2NO. The molecule has 0 aliphatic carbocycles. The summed E-state index contributed by atoms with van der Waals surface area (Å²) in [5, 5.41) is 0.156. The molecule has 0 aliphatic rings. The van der Waals surface area contributed by atoms with E-state index >= 15 is 0 Å². The van der Waals surface area contributed by atoms with Crippen LogP contribution >= 0.6 is 23.2 Å². The van der Waals surface area contributed by atoms with Crippen LogP contribution in [0.2, 0.25) is 5.35 Å². The number of aromatic nitrogens is 1. The molecule has 0 aliphatic heterocycles. The molecular weight excluding hydrogens is 161 g/mol. The van der Waals surface area contributed by atoms with Gasteiger partial charge in [-0.05, 0) is 18.5 Å². The topological polar surface area (TPSA) is 26.0 Å². The fourth-order valence-electron chi connectivity index (χ4n) is 0.517. The summed E-state index contributed by atoms with van der Waals surface area (Å²) in [4.78, 5) is 3.80. The zero-order valence-corrected chi connectivity index (χ0v) is 6.33. The first kappa shape index (κ1) is 6.90. The molecule has 0 amide bonds. The standard InChI is InChI=1S/C5H5Cl2NO/c1-3-4(2-6)9-5(7)8-3/h2H2,1H3. The summed E-state index contributed by atoms with van der Waals surface area (Å²) < 4.78 is 4.89. The third-order valence-electron chi connectivity index (χ3n) is 0.988. The minimum absolute atomic E-state index is 0.156. The Hall–Kier alpha value is -0.210. The highest BCUT2D eigenvalue weighted by Crippen LogP contribution is 2.15. The van der Waals surface area contributed by atoms with Gasteiger partial charge in [-0.25, -0.2) is 4.98 Å². The molecule has 0 fully saturated rings. The second kappa shape index (κ2) is 2.58. The van der Waals surface area contributed by atoms with Crippen LogP contribution in [0.4, 0.5) is 0 Å². The molecule has 0 saturated heterocycles. The van der Waals surface area contributed by atoms with Crippen molar-refractivity contribution in [3.63, 3.8) is 0 Å². The van der Waals surface area contributed by atoms with Crippen molar-refractivity contribution in [2.45, 2.75) is 12.8 Å². The van der Waals surface area contributed by atoms with Crippen molar-refractivity contribution in [3.8, 4) is 0 Å². The van der Waals surface area contributed by atoms with Crippen LogP contribution in [-0.4, -0.2) is 4.98 Å². The maximum atomic E-state index is 5.45. The zero-order chi connectivity index (χ0) is 6.85. The molecule has 2 nitrogen and oxygen atoms in total. The Morgan fingerprint density at radius 3 is 2.56 bits per heavy atom. The molecule has 9 heavy (non-hydrogen) atoms. The molecule has 0 spiro atoms. The molecule has 1 aromatic heterocycles. The van der Waals surface area contributed by atoms with Gasteiger partial charge in [0.2, 0.25) is 0 Å². The molecule has 4 heteroatoms. The van der Waals surface area contributed by atoms with E-state index in [0.717, 1.165) is 5.69 Å². The van der Waals surface area contributed by atoms with Crippen molar-refractivity contribution < 1.29 is 4.42 Å². The predicted molar refractivity (Wildman–Crippen MR) is 35.8 cm³/mol. The highest BCUT2D eigenvalue weighted by molar-refractivity contribution is 6.27. The third-order valence-corrected chi connectivity index (χ3v) is 1.39. The average Bonchev–Trinajstić information content (AvgIpc) is 2.10. The lowest BCUT2D eigenvalue weighted by molar-refractivity contribution is 0.523. The van der Waals surface area contributed by atoms with Crippen molar-refractivity contribution in [3.05, 3.63) is 16.8 Å². The Morgan fingerprint density at radius 1 is 1.67 bits per heavy atom. The molecule has 1 heterocycles. The van der Waals surface area contributed by atoms with E-state index in [1.54, 1.807) is 6.92 Å². The average molecular weight is 166 g/mol. The van der Waals surface area contributed by atoms with Gasteiger partial charge in [0, 0.05) is 0 Å². The summed E-state index contributed by atoms with van der Waals surface area (Å²) in [6, 6.07) is 0. The van der Waals surface area contributed by atoms with Gasteiger partial charge in [0.05, 0.1) is 11.6 Å². The van der Waals surface area contributed by atoms with Gasteiger partial charge >= 0.3 is 0 Å². The summed E-state index contributed by atoms with van der Waals surface area (Å²) in [7, 11) is 0. The van der Waals surface area contributed by atoms with Crippen molar-refractivity contribution in [1.29, 1.82) is 0 Å². The van der Waals surface area contributed by atoms with Crippen LogP contribution in [0.3, 0.4) is 0 Å². The summed E-state index contributed by atoms with van der Waals surface area (Å²) in [5.74, 6) is 0.965. The summed E-state index contributed by atoms with van der Waals surface area (Å²) >= 11 is 10.9. The molecule has 1 rings (SSSR count). The number of halogens is 2. The molecule has 0 bridgehead atoms. The summed E-state index contributed by atoms with van der Waals surface area (Å²) in [6.45, 7) is 1.80. The van der Waals surface area contributed by atoms with Crippen LogP contribution in [-0.2, 0) is 5.88 Å². The first-order chi connectivity index (χ1) is 4.24. The minimum atomic E-state index is 0.156. The first-order valence-electron chi connectivity index (χ1n) is 2.42. The molecule has 0 N–H and O–H groups in total. The quantitative estimate of drug-likeness (QED) is 0.598. The van der Waals surface area contributed by atoms with Crippen LogP contribution in [0, 0.1) is 6.92 Å². The van der Waals surface area contributed by atoms with Gasteiger partial charge in [0.1, 0.15) is 5.76 Å². The molecule has 0 aromatic carbocycles. The molecule has 0 radical (unpaired) electrons. The Morgan fingerprint density at radius 2 is 2.33 bits per heavy atom. The number of aryl methyl sites for hydroxylation is 1. The number of hydrogen-bond acceptors (Lipinski definition) is 2. The molecule has 0 atom stereocenters. The van der Waals surface area contributed by atoms with Crippen LogP contribution in [0.1, 0.15) is 11.5 Å². The molecule has 0 saturated carbocycles. The largest absolute Gasteiger partial charge is 0.431 e. The van der Waals surface area contributed by atoms with E-state index in [-0.39, 0.29) is 5.35 Å². The number of hydrogen-bond donors (Lipinski definition) is 0. The highest BCUT2D eigenvalue weighted by atomic mass is 35.5. The van der Waals surface area contributed by atoms with Crippen LogP contribution in [0.25, 0.3) is 0 Å². The normalized spacial score (nSPS) is 10.1. The van der Waals surface area contributed by atoms with Crippen molar-refractivity contribution in [1.82, 2.24) is 4.98 Å². The van der Waals surface area contributed by atoms with E-state index in [1.165, 1.54) is 0 Å². The Kier molecular flexibility index (Phi) is 1.98. The Balaban J connectivity index is 3.01. The van der Waals surface area contributed by atoms with Crippen molar-refractivity contribution >= 4 is 23.2 Å². The van der Waals surface area contributed by atoms with Gasteiger partial charge in [0.15, 0.2) is 0 Å². The van der Waals surface area contributed by atoms with E-state index in [2.05, 4.69) is 4.98 Å². The van der Waals surface area contributed by atoms with Gasteiger partial charge in [-0.1, -0.05) is 0 Å². The lowest BCUT2D eigenvalue weighted by atomic mass is 10.4. The fourth-order valence-corrected chi connectivity index (χ4v) is 0.984.